The number of hydrogen-bond acceptors (Lipinski definition) is 2. The Bertz CT molecular complexity index is 571. The Morgan fingerprint density at radius 1 is 1.15 bits per heavy atom. The van der Waals surface area contributed by atoms with Crippen molar-refractivity contribution in [2.75, 3.05) is 13.1 Å². The average molecular weight is 268 g/mol. The summed E-state index contributed by atoms with van der Waals surface area (Å²) in [7, 11) is 0. The predicted octanol–water partition coefficient (Wildman–Crippen LogP) is 3.38. The van der Waals surface area contributed by atoms with E-state index in [-0.39, 0.29) is 0 Å². The molecule has 0 radical (unpaired) electrons. The largest absolute Gasteiger partial charge is 0.314 e. The van der Waals surface area contributed by atoms with Crippen molar-refractivity contribution in [2.24, 2.45) is 0 Å². The van der Waals surface area contributed by atoms with Gasteiger partial charge in [-0.2, -0.15) is 0 Å². The van der Waals surface area contributed by atoms with Crippen LogP contribution in [-0.4, -0.2) is 19.1 Å². The fourth-order valence-electron chi connectivity index (χ4n) is 3.04. The van der Waals surface area contributed by atoms with E-state index in [1.165, 1.54) is 47.7 Å². The van der Waals surface area contributed by atoms with Crippen molar-refractivity contribution in [1.29, 1.82) is 0 Å². The number of fused-ring (bicyclic) bond motifs is 1. The van der Waals surface area contributed by atoms with Crippen LogP contribution in [0.25, 0.3) is 10.8 Å². The molecule has 1 aliphatic heterocycles. The van der Waals surface area contributed by atoms with Gasteiger partial charge in [-0.15, -0.1) is 0 Å². The summed E-state index contributed by atoms with van der Waals surface area (Å²) in [5.74, 6) is 0. The zero-order valence-electron chi connectivity index (χ0n) is 12.3. The average Bonchev–Trinajstić information content (AvgIpc) is 2.97. The van der Waals surface area contributed by atoms with Gasteiger partial charge in [0, 0.05) is 12.6 Å². The van der Waals surface area contributed by atoms with E-state index in [0.29, 0.717) is 0 Å². The number of rotatable bonds is 5. The molecule has 106 valence electrons. The molecule has 1 atom stereocenters. The first-order valence-corrected chi connectivity index (χ1v) is 7.75. The molecular weight excluding hydrogens is 244 g/mol. The third-order valence-corrected chi connectivity index (χ3v) is 4.22. The molecule has 0 aliphatic carbocycles. The third-order valence-electron chi connectivity index (χ3n) is 4.22. The molecule has 3 rings (SSSR count). The summed E-state index contributed by atoms with van der Waals surface area (Å²) in [4.78, 5) is 0. The van der Waals surface area contributed by atoms with Crippen LogP contribution >= 0.6 is 0 Å². The molecule has 0 saturated carbocycles. The second-order valence-corrected chi connectivity index (χ2v) is 5.94. The molecule has 1 heterocycles. The maximum absolute atomic E-state index is 3.56. The lowest BCUT2D eigenvalue weighted by molar-refractivity contribution is 0.523. The van der Waals surface area contributed by atoms with Gasteiger partial charge in [0.1, 0.15) is 0 Å². The highest BCUT2D eigenvalue weighted by Gasteiger charge is 2.12. The van der Waals surface area contributed by atoms with E-state index in [0.717, 1.165) is 19.1 Å². The molecule has 1 saturated heterocycles. The normalized spacial score (nSPS) is 18.8. The van der Waals surface area contributed by atoms with Crippen LogP contribution < -0.4 is 10.6 Å². The van der Waals surface area contributed by atoms with Crippen LogP contribution in [0.4, 0.5) is 0 Å². The first kappa shape index (κ1) is 13.6. The molecule has 0 spiro atoms. The van der Waals surface area contributed by atoms with Gasteiger partial charge in [0.05, 0.1) is 0 Å². The van der Waals surface area contributed by atoms with E-state index in [4.69, 9.17) is 0 Å². The summed E-state index contributed by atoms with van der Waals surface area (Å²) in [5, 5.41) is 9.79. The molecule has 2 aromatic carbocycles. The van der Waals surface area contributed by atoms with Crippen LogP contribution in [0, 0.1) is 6.92 Å². The molecule has 0 amide bonds. The fraction of sp³-hybridized carbons (Fsp3) is 0.444. The molecule has 2 heteroatoms. The van der Waals surface area contributed by atoms with Gasteiger partial charge in [-0.3, -0.25) is 0 Å². The van der Waals surface area contributed by atoms with Crippen molar-refractivity contribution in [2.45, 2.75) is 38.8 Å². The van der Waals surface area contributed by atoms with Crippen LogP contribution in [-0.2, 0) is 6.54 Å². The Balaban J connectivity index is 1.53. The van der Waals surface area contributed by atoms with Gasteiger partial charge in [0.15, 0.2) is 0 Å². The van der Waals surface area contributed by atoms with Gasteiger partial charge in [-0.25, -0.2) is 0 Å². The Labute approximate surface area is 121 Å². The first-order valence-electron chi connectivity index (χ1n) is 7.75. The smallest absolute Gasteiger partial charge is 0.0205 e. The van der Waals surface area contributed by atoms with Gasteiger partial charge in [-0.05, 0) is 61.7 Å². The Morgan fingerprint density at radius 3 is 2.85 bits per heavy atom. The van der Waals surface area contributed by atoms with Crippen LogP contribution in [0.2, 0.25) is 0 Å². The summed E-state index contributed by atoms with van der Waals surface area (Å²) in [6, 6.07) is 14.2. The van der Waals surface area contributed by atoms with Crippen LogP contribution in [0.3, 0.4) is 0 Å². The molecule has 2 N–H and O–H groups in total. The fourth-order valence-corrected chi connectivity index (χ4v) is 3.04. The molecule has 20 heavy (non-hydrogen) atoms. The zero-order chi connectivity index (χ0) is 13.8. The van der Waals surface area contributed by atoms with Crippen LogP contribution in [0.5, 0.6) is 0 Å². The number of benzene rings is 2. The first-order chi connectivity index (χ1) is 9.81. The van der Waals surface area contributed by atoms with E-state index in [1.807, 2.05) is 0 Å². The van der Waals surface area contributed by atoms with Crippen molar-refractivity contribution in [3.8, 4) is 0 Å². The van der Waals surface area contributed by atoms with Crippen molar-refractivity contribution in [1.82, 2.24) is 10.6 Å². The van der Waals surface area contributed by atoms with E-state index in [1.54, 1.807) is 0 Å². The monoisotopic (exact) mass is 268 g/mol. The maximum Gasteiger partial charge on any atom is 0.0205 e. The minimum absolute atomic E-state index is 0.738. The van der Waals surface area contributed by atoms with Crippen molar-refractivity contribution >= 4 is 10.8 Å². The molecule has 1 aliphatic rings. The number of nitrogens with one attached hydrogen (secondary N) is 2. The molecule has 1 unspecified atom stereocenters. The van der Waals surface area contributed by atoms with E-state index >= 15 is 0 Å². The highest BCUT2D eigenvalue weighted by atomic mass is 14.9. The lowest BCUT2D eigenvalue weighted by Crippen LogP contribution is -2.26. The lowest BCUT2D eigenvalue weighted by atomic mass is 10.0. The Morgan fingerprint density at radius 2 is 2.00 bits per heavy atom. The SMILES string of the molecule is Cc1ccc2cc(CNCCC3CCCN3)ccc2c1. The lowest BCUT2D eigenvalue weighted by Gasteiger charge is -2.11. The zero-order valence-corrected chi connectivity index (χ0v) is 12.3. The highest BCUT2D eigenvalue weighted by Crippen LogP contribution is 2.17. The van der Waals surface area contributed by atoms with Gasteiger partial charge in [0.2, 0.25) is 0 Å². The quantitative estimate of drug-likeness (QED) is 0.812. The summed E-state index contributed by atoms with van der Waals surface area (Å²) in [6.07, 6.45) is 3.93. The minimum Gasteiger partial charge on any atom is -0.314 e. The maximum atomic E-state index is 3.56. The van der Waals surface area contributed by atoms with E-state index in [9.17, 15) is 0 Å². The molecule has 1 fully saturated rings. The second-order valence-electron chi connectivity index (χ2n) is 5.94. The summed E-state index contributed by atoms with van der Waals surface area (Å²) < 4.78 is 0. The standard InChI is InChI=1S/C18H24N2/c1-14-4-6-17-12-15(5-7-16(17)11-14)13-19-10-8-18-3-2-9-20-18/h4-7,11-12,18-20H,2-3,8-10,13H2,1H3. The summed E-state index contributed by atoms with van der Waals surface area (Å²) in [5.41, 5.74) is 2.70. The molecule has 0 aromatic heterocycles. The van der Waals surface area contributed by atoms with Gasteiger partial charge in [-0.1, -0.05) is 35.9 Å². The Kier molecular flexibility index (Phi) is 4.34. The number of hydrogen-bond donors (Lipinski definition) is 2. The molecule has 0 bridgehead atoms. The minimum atomic E-state index is 0.738. The van der Waals surface area contributed by atoms with Crippen molar-refractivity contribution in [3.05, 3.63) is 47.5 Å². The topological polar surface area (TPSA) is 24.1 Å². The summed E-state index contributed by atoms with van der Waals surface area (Å²) >= 11 is 0. The number of aryl methyl sites for hydroxylation is 1. The van der Waals surface area contributed by atoms with Gasteiger partial charge in [0.25, 0.3) is 0 Å². The highest BCUT2D eigenvalue weighted by molar-refractivity contribution is 5.83. The van der Waals surface area contributed by atoms with Gasteiger partial charge >= 0.3 is 0 Å². The molecule has 2 aromatic rings. The second kappa shape index (κ2) is 6.38. The van der Waals surface area contributed by atoms with E-state index < -0.39 is 0 Å². The molecule has 2 nitrogen and oxygen atoms in total. The van der Waals surface area contributed by atoms with Crippen molar-refractivity contribution < 1.29 is 0 Å². The van der Waals surface area contributed by atoms with E-state index in [2.05, 4.69) is 54.0 Å². The molecular formula is C18H24N2. The van der Waals surface area contributed by atoms with Crippen LogP contribution in [0.15, 0.2) is 36.4 Å². The Hall–Kier alpha value is -1.38. The van der Waals surface area contributed by atoms with Gasteiger partial charge < -0.3 is 10.6 Å². The predicted molar refractivity (Wildman–Crippen MR) is 86.0 cm³/mol. The summed E-state index contributed by atoms with van der Waals surface area (Å²) in [6.45, 7) is 5.42. The third kappa shape index (κ3) is 3.38. The van der Waals surface area contributed by atoms with Crippen LogP contribution in [0.1, 0.15) is 30.4 Å². The van der Waals surface area contributed by atoms with Crippen molar-refractivity contribution in [3.63, 3.8) is 0 Å².